The zero-order valence-corrected chi connectivity index (χ0v) is 10.9. The minimum atomic E-state index is -2.79. The number of benzene rings is 2. The van der Waals surface area contributed by atoms with E-state index >= 15 is 0 Å². The van der Waals surface area contributed by atoms with E-state index in [1.54, 1.807) is 6.66 Å². The van der Waals surface area contributed by atoms with Crippen LogP contribution in [0.15, 0.2) is 54.6 Å². The SMILES string of the molecule is Cc1ccccc1OP(C)(=O)c1ccccc1. The maximum atomic E-state index is 12.5. The van der Waals surface area contributed by atoms with E-state index in [1.807, 2.05) is 61.5 Å². The smallest absolute Gasteiger partial charge is 0.274 e. The second-order valence-corrected chi connectivity index (χ2v) is 6.43. The molecule has 0 fully saturated rings. The molecule has 0 radical (unpaired) electrons. The van der Waals surface area contributed by atoms with E-state index < -0.39 is 7.37 Å². The number of para-hydroxylation sites is 1. The molecular weight excluding hydrogens is 231 g/mol. The van der Waals surface area contributed by atoms with E-state index in [9.17, 15) is 4.57 Å². The van der Waals surface area contributed by atoms with E-state index in [4.69, 9.17) is 4.52 Å². The zero-order valence-electron chi connectivity index (χ0n) is 9.96. The van der Waals surface area contributed by atoms with Gasteiger partial charge in [-0.3, -0.25) is 4.57 Å². The molecule has 3 heteroatoms. The molecule has 0 aliphatic rings. The van der Waals surface area contributed by atoms with E-state index in [0.717, 1.165) is 10.9 Å². The molecule has 0 saturated heterocycles. The van der Waals surface area contributed by atoms with Gasteiger partial charge in [0, 0.05) is 12.0 Å². The first-order valence-electron chi connectivity index (χ1n) is 5.48. The van der Waals surface area contributed by atoms with Crippen molar-refractivity contribution in [3.8, 4) is 5.75 Å². The lowest BCUT2D eigenvalue weighted by atomic mass is 10.2. The van der Waals surface area contributed by atoms with Gasteiger partial charge < -0.3 is 4.52 Å². The summed E-state index contributed by atoms with van der Waals surface area (Å²) >= 11 is 0. The quantitative estimate of drug-likeness (QED) is 0.773. The highest BCUT2D eigenvalue weighted by Crippen LogP contribution is 2.42. The Hall–Kier alpha value is -1.53. The molecule has 0 amide bonds. The highest BCUT2D eigenvalue weighted by molar-refractivity contribution is 7.66. The minimum absolute atomic E-state index is 0.683. The Balaban J connectivity index is 2.30. The summed E-state index contributed by atoms with van der Waals surface area (Å²) in [6.45, 7) is 3.59. The van der Waals surface area contributed by atoms with Crippen molar-refractivity contribution in [1.29, 1.82) is 0 Å². The summed E-state index contributed by atoms with van der Waals surface area (Å²) in [5, 5.41) is 0.739. The van der Waals surface area contributed by atoms with Crippen LogP contribution in [0.1, 0.15) is 5.56 Å². The number of hydrogen-bond donors (Lipinski definition) is 0. The molecule has 1 unspecified atom stereocenters. The zero-order chi connectivity index (χ0) is 12.3. The van der Waals surface area contributed by atoms with E-state index in [2.05, 4.69) is 0 Å². The van der Waals surface area contributed by atoms with Crippen molar-refractivity contribution < 1.29 is 9.09 Å². The number of aryl methyl sites for hydroxylation is 1. The van der Waals surface area contributed by atoms with Crippen molar-refractivity contribution in [2.75, 3.05) is 6.66 Å². The lowest BCUT2D eigenvalue weighted by Gasteiger charge is -2.16. The fourth-order valence-corrected chi connectivity index (χ4v) is 3.00. The van der Waals surface area contributed by atoms with Crippen molar-refractivity contribution in [3.63, 3.8) is 0 Å². The average molecular weight is 246 g/mol. The van der Waals surface area contributed by atoms with E-state index in [-0.39, 0.29) is 0 Å². The first-order valence-corrected chi connectivity index (χ1v) is 7.55. The molecule has 2 aromatic rings. The Bertz CT molecular complexity index is 549. The third kappa shape index (κ3) is 2.78. The maximum Gasteiger partial charge on any atom is 0.274 e. The van der Waals surface area contributed by atoms with Crippen LogP contribution in [-0.4, -0.2) is 6.66 Å². The van der Waals surface area contributed by atoms with Gasteiger partial charge in [0.15, 0.2) is 0 Å². The van der Waals surface area contributed by atoms with Gasteiger partial charge in [0.1, 0.15) is 5.75 Å². The first-order chi connectivity index (χ1) is 8.09. The highest BCUT2D eigenvalue weighted by Gasteiger charge is 2.20. The molecule has 2 nitrogen and oxygen atoms in total. The van der Waals surface area contributed by atoms with Crippen LogP contribution in [0.5, 0.6) is 5.75 Å². The Kier molecular flexibility index (Phi) is 3.35. The summed E-state index contributed by atoms with van der Waals surface area (Å²) in [5.41, 5.74) is 0.991. The van der Waals surface area contributed by atoms with Gasteiger partial charge in [-0.25, -0.2) is 0 Å². The molecule has 0 bridgehead atoms. The fourth-order valence-electron chi connectivity index (χ4n) is 1.60. The predicted molar refractivity (Wildman–Crippen MR) is 71.4 cm³/mol. The van der Waals surface area contributed by atoms with Crippen LogP contribution in [0.2, 0.25) is 0 Å². The molecule has 0 aliphatic carbocycles. The normalized spacial score (nSPS) is 14.0. The molecule has 0 spiro atoms. The predicted octanol–water partition coefficient (Wildman–Crippen LogP) is 3.61. The van der Waals surface area contributed by atoms with Crippen molar-refractivity contribution in [3.05, 3.63) is 60.2 Å². The van der Waals surface area contributed by atoms with Crippen LogP contribution >= 0.6 is 7.37 Å². The largest absolute Gasteiger partial charge is 0.440 e. The second-order valence-electron chi connectivity index (χ2n) is 4.04. The lowest BCUT2D eigenvalue weighted by Crippen LogP contribution is -2.08. The molecule has 0 saturated carbocycles. The number of hydrogen-bond acceptors (Lipinski definition) is 2. The summed E-state index contributed by atoms with van der Waals surface area (Å²) in [6.07, 6.45) is 0. The fraction of sp³-hybridized carbons (Fsp3) is 0.143. The Labute approximate surface area is 102 Å². The molecule has 0 aliphatic heterocycles. The van der Waals surface area contributed by atoms with E-state index in [0.29, 0.717) is 5.75 Å². The molecule has 1 atom stereocenters. The third-order valence-corrected chi connectivity index (χ3v) is 4.37. The Morgan fingerprint density at radius 2 is 1.53 bits per heavy atom. The van der Waals surface area contributed by atoms with E-state index in [1.165, 1.54) is 0 Å². The Morgan fingerprint density at radius 3 is 2.18 bits per heavy atom. The summed E-state index contributed by atoms with van der Waals surface area (Å²) < 4.78 is 18.2. The molecular formula is C14H15O2P. The van der Waals surface area contributed by atoms with Gasteiger partial charge in [0.25, 0.3) is 7.37 Å². The standard InChI is InChI=1S/C14H15O2P/c1-12-8-6-7-11-14(12)16-17(2,15)13-9-4-3-5-10-13/h3-11H,1-2H3. The second kappa shape index (κ2) is 4.77. The van der Waals surface area contributed by atoms with Gasteiger partial charge in [-0.1, -0.05) is 36.4 Å². The van der Waals surface area contributed by atoms with Crippen LogP contribution in [-0.2, 0) is 4.57 Å². The third-order valence-electron chi connectivity index (χ3n) is 2.59. The summed E-state index contributed by atoms with van der Waals surface area (Å²) in [4.78, 5) is 0. The van der Waals surface area contributed by atoms with Gasteiger partial charge in [0.2, 0.25) is 0 Å². The van der Waals surface area contributed by atoms with Crippen molar-refractivity contribution in [2.45, 2.75) is 6.92 Å². The van der Waals surface area contributed by atoms with Gasteiger partial charge in [-0.05, 0) is 30.7 Å². The molecule has 0 heterocycles. The maximum absolute atomic E-state index is 12.5. The number of rotatable bonds is 3. The van der Waals surface area contributed by atoms with Crippen LogP contribution < -0.4 is 9.83 Å². The Morgan fingerprint density at radius 1 is 0.941 bits per heavy atom. The summed E-state index contributed by atoms with van der Waals surface area (Å²) in [7, 11) is -2.79. The summed E-state index contributed by atoms with van der Waals surface area (Å²) in [6, 6.07) is 16.9. The van der Waals surface area contributed by atoms with Crippen LogP contribution in [0.3, 0.4) is 0 Å². The van der Waals surface area contributed by atoms with Gasteiger partial charge in [0.05, 0.1) is 0 Å². The van der Waals surface area contributed by atoms with Crippen LogP contribution in [0, 0.1) is 6.92 Å². The highest BCUT2D eigenvalue weighted by atomic mass is 31.2. The monoisotopic (exact) mass is 246 g/mol. The topological polar surface area (TPSA) is 26.3 Å². The first kappa shape index (κ1) is 11.9. The molecule has 2 rings (SSSR count). The molecule has 17 heavy (non-hydrogen) atoms. The van der Waals surface area contributed by atoms with Gasteiger partial charge in [-0.15, -0.1) is 0 Å². The van der Waals surface area contributed by atoms with Gasteiger partial charge in [-0.2, -0.15) is 0 Å². The molecule has 0 N–H and O–H groups in total. The van der Waals surface area contributed by atoms with Crippen molar-refractivity contribution >= 4 is 12.7 Å². The van der Waals surface area contributed by atoms with Crippen molar-refractivity contribution in [1.82, 2.24) is 0 Å². The summed E-state index contributed by atoms with van der Waals surface area (Å²) in [5.74, 6) is 0.683. The lowest BCUT2D eigenvalue weighted by molar-refractivity contribution is 0.497. The van der Waals surface area contributed by atoms with Crippen LogP contribution in [0.25, 0.3) is 0 Å². The molecule has 0 aromatic heterocycles. The average Bonchev–Trinajstić information content (AvgIpc) is 2.33. The minimum Gasteiger partial charge on any atom is -0.440 e. The van der Waals surface area contributed by atoms with Gasteiger partial charge >= 0.3 is 0 Å². The molecule has 2 aromatic carbocycles. The molecule has 88 valence electrons. The van der Waals surface area contributed by atoms with Crippen molar-refractivity contribution in [2.24, 2.45) is 0 Å². The van der Waals surface area contributed by atoms with Crippen LogP contribution in [0.4, 0.5) is 0 Å².